The molecule has 0 saturated carbocycles. The lowest BCUT2D eigenvalue weighted by Gasteiger charge is -2.14. The molecular formula is C22H25N3O3S. The molecule has 0 heterocycles. The second-order valence-electron chi connectivity index (χ2n) is 6.45. The molecule has 0 bridgehead atoms. The summed E-state index contributed by atoms with van der Waals surface area (Å²) in [4.78, 5) is 24.4. The maximum absolute atomic E-state index is 12.3. The quantitative estimate of drug-likeness (QED) is 0.478. The van der Waals surface area contributed by atoms with Crippen molar-refractivity contribution in [1.29, 1.82) is 0 Å². The van der Waals surface area contributed by atoms with E-state index in [4.69, 9.17) is 17.0 Å². The third-order valence-electron chi connectivity index (χ3n) is 3.69. The zero-order chi connectivity index (χ0) is 21.2. The summed E-state index contributed by atoms with van der Waals surface area (Å²) in [6.07, 6.45) is 3.07. The summed E-state index contributed by atoms with van der Waals surface area (Å²) >= 11 is 5.20. The summed E-state index contributed by atoms with van der Waals surface area (Å²) in [5.41, 5.74) is 1.83. The van der Waals surface area contributed by atoms with Gasteiger partial charge in [-0.3, -0.25) is 14.9 Å². The van der Waals surface area contributed by atoms with Crippen molar-refractivity contribution in [1.82, 2.24) is 10.6 Å². The molecule has 152 valence electrons. The van der Waals surface area contributed by atoms with Crippen molar-refractivity contribution in [2.45, 2.75) is 26.8 Å². The fourth-order valence-electron chi connectivity index (χ4n) is 2.45. The van der Waals surface area contributed by atoms with E-state index in [1.54, 1.807) is 30.3 Å². The van der Waals surface area contributed by atoms with E-state index >= 15 is 0 Å². The second-order valence-corrected chi connectivity index (χ2v) is 6.86. The number of nitrogens with one attached hydrogen (secondary N) is 3. The molecule has 0 unspecified atom stereocenters. The van der Waals surface area contributed by atoms with Gasteiger partial charge in [0.25, 0.3) is 5.91 Å². The summed E-state index contributed by atoms with van der Waals surface area (Å²) < 4.78 is 5.39. The molecule has 0 spiro atoms. The molecule has 3 N–H and O–H groups in total. The van der Waals surface area contributed by atoms with Crippen LogP contribution in [0.3, 0.4) is 0 Å². The summed E-state index contributed by atoms with van der Waals surface area (Å²) in [6.45, 7) is 6.29. The van der Waals surface area contributed by atoms with Crippen molar-refractivity contribution >= 4 is 40.9 Å². The molecule has 6 nitrogen and oxygen atoms in total. The standard InChI is InChI=1S/C22H25N3O3S/c1-4-28-17-12-9-16(10-13-17)11-14-20(26)25-22(29)24-19-8-6-5-7-18(19)21(27)23-15(2)3/h5-15H,4H2,1-3H3,(H,23,27)(H2,24,25,26,29)/b14-11+. The number of hydrogen-bond acceptors (Lipinski definition) is 4. The Bertz CT molecular complexity index is 892. The topological polar surface area (TPSA) is 79.5 Å². The van der Waals surface area contributed by atoms with Gasteiger partial charge in [0.15, 0.2) is 5.11 Å². The highest BCUT2D eigenvalue weighted by Crippen LogP contribution is 2.15. The molecule has 2 rings (SSSR count). The van der Waals surface area contributed by atoms with Crippen molar-refractivity contribution in [3.8, 4) is 5.75 Å². The Morgan fingerprint density at radius 1 is 1.10 bits per heavy atom. The highest BCUT2D eigenvalue weighted by Gasteiger charge is 2.13. The van der Waals surface area contributed by atoms with Gasteiger partial charge in [-0.15, -0.1) is 0 Å². The largest absolute Gasteiger partial charge is 0.494 e. The van der Waals surface area contributed by atoms with Crippen LogP contribution in [0, 0.1) is 0 Å². The number of rotatable bonds is 7. The molecule has 0 saturated heterocycles. The van der Waals surface area contributed by atoms with E-state index < -0.39 is 0 Å². The van der Waals surface area contributed by atoms with Gasteiger partial charge < -0.3 is 15.4 Å². The maximum atomic E-state index is 12.3. The highest BCUT2D eigenvalue weighted by atomic mass is 32.1. The van der Waals surface area contributed by atoms with Crippen LogP contribution >= 0.6 is 12.2 Å². The fraction of sp³-hybridized carbons (Fsp3) is 0.227. The molecule has 0 aliphatic heterocycles. The van der Waals surface area contributed by atoms with Crippen LogP contribution in [0.25, 0.3) is 6.08 Å². The van der Waals surface area contributed by atoms with E-state index in [0.29, 0.717) is 17.9 Å². The molecule has 0 radical (unpaired) electrons. The Morgan fingerprint density at radius 2 is 1.79 bits per heavy atom. The monoisotopic (exact) mass is 411 g/mol. The Morgan fingerprint density at radius 3 is 2.45 bits per heavy atom. The van der Waals surface area contributed by atoms with Crippen LogP contribution in [0.5, 0.6) is 5.75 Å². The minimum Gasteiger partial charge on any atom is -0.494 e. The zero-order valence-corrected chi connectivity index (χ0v) is 17.5. The average Bonchev–Trinajstić information content (AvgIpc) is 2.67. The molecule has 2 amide bonds. The van der Waals surface area contributed by atoms with Crippen LogP contribution in [-0.2, 0) is 4.79 Å². The predicted molar refractivity (Wildman–Crippen MR) is 120 cm³/mol. The van der Waals surface area contributed by atoms with E-state index in [-0.39, 0.29) is 23.0 Å². The minimum absolute atomic E-state index is 0.00921. The Labute approximate surface area is 176 Å². The number of anilines is 1. The van der Waals surface area contributed by atoms with Crippen LogP contribution in [-0.4, -0.2) is 29.6 Å². The predicted octanol–water partition coefficient (Wildman–Crippen LogP) is 3.75. The number of carbonyl (C=O) groups excluding carboxylic acids is 2. The summed E-state index contributed by atoms with van der Waals surface area (Å²) in [7, 11) is 0. The molecule has 0 fully saturated rings. The van der Waals surface area contributed by atoms with E-state index in [0.717, 1.165) is 11.3 Å². The molecule has 7 heteroatoms. The molecule has 2 aromatic rings. The summed E-state index contributed by atoms with van der Waals surface area (Å²) in [5.74, 6) is 0.188. The van der Waals surface area contributed by atoms with Gasteiger partial charge in [0.1, 0.15) is 5.75 Å². The van der Waals surface area contributed by atoms with Gasteiger partial charge in [0.05, 0.1) is 17.9 Å². The maximum Gasteiger partial charge on any atom is 0.253 e. The molecule has 0 atom stereocenters. The Kier molecular flexibility index (Phi) is 8.36. The van der Waals surface area contributed by atoms with Crippen LogP contribution in [0.4, 0.5) is 5.69 Å². The third-order valence-corrected chi connectivity index (χ3v) is 3.90. The zero-order valence-electron chi connectivity index (χ0n) is 16.7. The number of ether oxygens (including phenoxy) is 1. The van der Waals surface area contributed by atoms with Gasteiger partial charge >= 0.3 is 0 Å². The summed E-state index contributed by atoms with van der Waals surface area (Å²) in [5, 5.41) is 8.42. The molecule has 2 aromatic carbocycles. The van der Waals surface area contributed by atoms with Crippen molar-refractivity contribution in [2.24, 2.45) is 0 Å². The van der Waals surface area contributed by atoms with Crippen molar-refractivity contribution < 1.29 is 14.3 Å². The second kappa shape index (κ2) is 11.0. The minimum atomic E-state index is -0.375. The van der Waals surface area contributed by atoms with Gasteiger partial charge in [-0.05, 0) is 68.9 Å². The van der Waals surface area contributed by atoms with E-state index in [1.165, 1.54) is 6.08 Å². The lowest BCUT2D eigenvalue weighted by atomic mass is 10.1. The molecule has 29 heavy (non-hydrogen) atoms. The van der Waals surface area contributed by atoms with E-state index in [1.807, 2.05) is 45.0 Å². The number of para-hydroxylation sites is 1. The molecular weight excluding hydrogens is 386 g/mol. The smallest absolute Gasteiger partial charge is 0.253 e. The van der Waals surface area contributed by atoms with Gasteiger partial charge in [-0.2, -0.15) is 0 Å². The van der Waals surface area contributed by atoms with Crippen LogP contribution < -0.4 is 20.7 Å². The fourth-order valence-corrected chi connectivity index (χ4v) is 2.66. The molecule has 0 aliphatic rings. The molecule has 0 aliphatic carbocycles. The van der Waals surface area contributed by atoms with E-state index in [2.05, 4.69) is 16.0 Å². The van der Waals surface area contributed by atoms with Crippen molar-refractivity contribution in [3.05, 3.63) is 65.7 Å². The first kappa shape index (κ1) is 22.1. The molecule has 0 aromatic heterocycles. The summed E-state index contributed by atoms with van der Waals surface area (Å²) in [6, 6.07) is 14.4. The number of amides is 2. The first-order chi connectivity index (χ1) is 13.9. The SMILES string of the molecule is CCOc1ccc(/C=C/C(=O)NC(=S)Nc2ccccc2C(=O)NC(C)C)cc1. The van der Waals surface area contributed by atoms with Crippen LogP contribution in [0.1, 0.15) is 36.7 Å². The third kappa shape index (κ3) is 7.38. The lowest BCUT2D eigenvalue weighted by molar-refractivity contribution is -0.115. The number of benzene rings is 2. The number of carbonyl (C=O) groups is 2. The van der Waals surface area contributed by atoms with Crippen LogP contribution in [0.15, 0.2) is 54.6 Å². The highest BCUT2D eigenvalue weighted by molar-refractivity contribution is 7.80. The first-order valence-corrected chi connectivity index (χ1v) is 9.72. The number of thiocarbonyl (C=S) groups is 1. The van der Waals surface area contributed by atoms with Crippen molar-refractivity contribution in [3.63, 3.8) is 0 Å². The van der Waals surface area contributed by atoms with Crippen LogP contribution in [0.2, 0.25) is 0 Å². The Hall–Kier alpha value is -3.19. The van der Waals surface area contributed by atoms with Gasteiger partial charge in [0.2, 0.25) is 5.91 Å². The van der Waals surface area contributed by atoms with E-state index in [9.17, 15) is 9.59 Å². The number of hydrogen-bond donors (Lipinski definition) is 3. The van der Waals surface area contributed by atoms with Crippen molar-refractivity contribution in [2.75, 3.05) is 11.9 Å². The lowest BCUT2D eigenvalue weighted by Crippen LogP contribution is -2.34. The van der Waals surface area contributed by atoms with Gasteiger partial charge in [-0.25, -0.2) is 0 Å². The average molecular weight is 412 g/mol. The van der Waals surface area contributed by atoms with Gasteiger partial charge in [0, 0.05) is 12.1 Å². The first-order valence-electron chi connectivity index (χ1n) is 9.32. The Balaban J connectivity index is 1.95. The normalized spacial score (nSPS) is 10.6. The van der Waals surface area contributed by atoms with Gasteiger partial charge in [-0.1, -0.05) is 24.3 Å².